The van der Waals surface area contributed by atoms with Gasteiger partial charge in [0.15, 0.2) is 0 Å². The summed E-state index contributed by atoms with van der Waals surface area (Å²) < 4.78 is 0. The van der Waals surface area contributed by atoms with Gasteiger partial charge in [-0.1, -0.05) is 33.6 Å². The van der Waals surface area contributed by atoms with E-state index in [1.807, 2.05) is 6.92 Å². The fraction of sp³-hybridized carbons (Fsp3) is 0.909. The molecule has 3 nitrogen and oxygen atoms in total. The van der Waals surface area contributed by atoms with E-state index in [4.69, 9.17) is 5.73 Å². The summed E-state index contributed by atoms with van der Waals surface area (Å²) in [7, 11) is 0. The van der Waals surface area contributed by atoms with E-state index in [1.165, 1.54) is 0 Å². The molecule has 3 N–H and O–H groups in total. The maximum Gasteiger partial charge on any atom is 0.237 e. The van der Waals surface area contributed by atoms with E-state index in [0.717, 1.165) is 19.3 Å². The first kappa shape index (κ1) is 11.5. The van der Waals surface area contributed by atoms with Crippen LogP contribution in [0.25, 0.3) is 0 Å². The van der Waals surface area contributed by atoms with Crippen LogP contribution in [0, 0.1) is 11.8 Å². The second kappa shape index (κ2) is 4.78. The van der Waals surface area contributed by atoms with Crippen LogP contribution in [0.5, 0.6) is 0 Å². The molecule has 0 saturated heterocycles. The summed E-state index contributed by atoms with van der Waals surface area (Å²) >= 11 is 0. The summed E-state index contributed by atoms with van der Waals surface area (Å²) in [4.78, 5) is 11.6. The second-order valence-electron chi connectivity index (χ2n) is 4.43. The Morgan fingerprint density at radius 3 is 2.64 bits per heavy atom. The van der Waals surface area contributed by atoms with Gasteiger partial charge in [0.2, 0.25) is 5.91 Å². The van der Waals surface area contributed by atoms with E-state index in [1.54, 1.807) is 0 Å². The van der Waals surface area contributed by atoms with Crippen LogP contribution in [0.2, 0.25) is 0 Å². The molecule has 0 spiro atoms. The highest BCUT2D eigenvalue weighted by atomic mass is 16.2. The van der Waals surface area contributed by atoms with Crippen LogP contribution in [0.4, 0.5) is 0 Å². The fourth-order valence-corrected chi connectivity index (χ4v) is 1.67. The lowest BCUT2D eigenvalue weighted by molar-refractivity contribution is -0.123. The normalized spacial score (nSPS) is 29.4. The first-order valence-corrected chi connectivity index (χ1v) is 5.66. The van der Waals surface area contributed by atoms with E-state index >= 15 is 0 Å². The van der Waals surface area contributed by atoms with Crippen LogP contribution in [-0.2, 0) is 4.79 Å². The van der Waals surface area contributed by atoms with Crippen molar-refractivity contribution in [1.29, 1.82) is 0 Å². The number of carbonyl (C=O) groups is 1. The zero-order valence-corrected chi connectivity index (χ0v) is 9.42. The van der Waals surface area contributed by atoms with E-state index in [2.05, 4.69) is 19.2 Å². The topological polar surface area (TPSA) is 55.1 Å². The Labute approximate surface area is 86.4 Å². The van der Waals surface area contributed by atoms with E-state index in [-0.39, 0.29) is 17.9 Å². The van der Waals surface area contributed by atoms with Crippen molar-refractivity contribution in [3.05, 3.63) is 0 Å². The Morgan fingerprint density at radius 1 is 1.57 bits per heavy atom. The third-order valence-corrected chi connectivity index (χ3v) is 3.33. The van der Waals surface area contributed by atoms with Gasteiger partial charge in [-0.15, -0.1) is 0 Å². The highest BCUT2D eigenvalue weighted by molar-refractivity contribution is 5.82. The summed E-state index contributed by atoms with van der Waals surface area (Å²) in [6, 6.07) is 0.0701. The van der Waals surface area contributed by atoms with Crippen molar-refractivity contribution >= 4 is 5.91 Å². The molecule has 3 unspecified atom stereocenters. The molecule has 0 radical (unpaired) electrons. The average molecular weight is 198 g/mol. The maximum absolute atomic E-state index is 11.6. The Bertz CT molecular complexity index is 205. The lowest BCUT2D eigenvalue weighted by atomic mass is 9.99. The number of hydrogen-bond acceptors (Lipinski definition) is 2. The number of nitrogens with two attached hydrogens (primary N) is 1. The number of hydrogen-bond donors (Lipinski definition) is 2. The predicted octanol–water partition coefficient (Wildman–Crippen LogP) is 1.27. The van der Waals surface area contributed by atoms with Crippen LogP contribution in [0.3, 0.4) is 0 Å². The monoisotopic (exact) mass is 198 g/mol. The van der Waals surface area contributed by atoms with Crippen LogP contribution in [0.15, 0.2) is 0 Å². The minimum absolute atomic E-state index is 0.0281. The van der Waals surface area contributed by atoms with E-state index in [0.29, 0.717) is 12.0 Å². The van der Waals surface area contributed by atoms with Crippen molar-refractivity contribution in [2.45, 2.75) is 52.1 Å². The first-order chi connectivity index (χ1) is 6.60. The van der Waals surface area contributed by atoms with Gasteiger partial charge >= 0.3 is 0 Å². The number of nitrogens with one attached hydrogen (secondary N) is 1. The average Bonchev–Trinajstić information content (AvgIpc) is 2.93. The largest absolute Gasteiger partial charge is 0.352 e. The third kappa shape index (κ3) is 2.71. The predicted molar refractivity (Wildman–Crippen MR) is 57.8 cm³/mol. The molecule has 1 saturated carbocycles. The van der Waals surface area contributed by atoms with Gasteiger partial charge in [0, 0.05) is 6.04 Å². The van der Waals surface area contributed by atoms with Gasteiger partial charge in [-0.2, -0.15) is 0 Å². The van der Waals surface area contributed by atoms with Crippen LogP contribution >= 0.6 is 0 Å². The van der Waals surface area contributed by atoms with Gasteiger partial charge in [-0.25, -0.2) is 0 Å². The minimum atomic E-state index is -0.335. The summed E-state index contributed by atoms with van der Waals surface area (Å²) in [5.41, 5.74) is 5.82. The molecule has 14 heavy (non-hydrogen) atoms. The Morgan fingerprint density at radius 2 is 2.21 bits per heavy atom. The minimum Gasteiger partial charge on any atom is -0.352 e. The smallest absolute Gasteiger partial charge is 0.237 e. The Balaban J connectivity index is 2.28. The third-order valence-electron chi connectivity index (χ3n) is 3.33. The zero-order chi connectivity index (χ0) is 10.7. The van der Waals surface area contributed by atoms with Gasteiger partial charge in [-0.05, 0) is 18.3 Å². The summed E-state index contributed by atoms with van der Waals surface area (Å²) in [5.74, 6) is 0.997. The van der Waals surface area contributed by atoms with Crippen molar-refractivity contribution in [2.75, 3.05) is 0 Å². The molecular weight excluding hydrogens is 176 g/mol. The van der Waals surface area contributed by atoms with Gasteiger partial charge in [0.05, 0.1) is 6.04 Å². The Kier molecular flexibility index (Phi) is 3.93. The standard InChI is InChI=1S/C11H22N2O/c1-4-7(3)10(12)11(14)13-9-6-8(9)5-2/h7-10H,4-6,12H2,1-3H3,(H,13,14)/t7?,8?,9?,10-/m0/s1. The second-order valence-corrected chi connectivity index (χ2v) is 4.43. The lowest BCUT2D eigenvalue weighted by Crippen LogP contribution is -2.45. The van der Waals surface area contributed by atoms with Crippen molar-refractivity contribution in [3.63, 3.8) is 0 Å². The van der Waals surface area contributed by atoms with E-state index in [9.17, 15) is 4.79 Å². The van der Waals surface area contributed by atoms with Crippen LogP contribution < -0.4 is 11.1 Å². The quantitative estimate of drug-likeness (QED) is 0.699. The summed E-state index contributed by atoms with van der Waals surface area (Å²) in [6.45, 7) is 6.24. The Hall–Kier alpha value is -0.570. The van der Waals surface area contributed by atoms with Crippen molar-refractivity contribution in [2.24, 2.45) is 17.6 Å². The molecule has 1 amide bonds. The molecule has 0 aromatic carbocycles. The molecule has 0 bridgehead atoms. The maximum atomic E-state index is 11.6. The highest BCUT2D eigenvalue weighted by Crippen LogP contribution is 2.33. The molecule has 1 aliphatic rings. The molecule has 82 valence electrons. The molecule has 4 atom stereocenters. The first-order valence-electron chi connectivity index (χ1n) is 5.66. The molecule has 1 rings (SSSR count). The van der Waals surface area contributed by atoms with Crippen molar-refractivity contribution in [3.8, 4) is 0 Å². The van der Waals surface area contributed by atoms with Gasteiger partial charge < -0.3 is 11.1 Å². The van der Waals surface area contributed by atoms with Gasteiger partial charge in [0.25, 0.3) is 0 Å². The van der Waals surface area contributed by atoms with Crippen molar-refractivity contribution < 1.29 is 4.79 Å². The molecule has 3 heteroatoms. The molecule has 0 aliphatic heterocycles. The molecule has 0 aromatic rings. The number of amides is 1. The van der Waals surface area contributed by atoms with Gasteiger partial charge in [0.1, 0.15) is 0 Å². The fourth-order valence-electron chi connectivity index (χ4n) is 1.67. The molecule has 0 heterocycles. The number of rotatable bonds is 5. The summed E-state index contributed by atoms with van der Waals surface area (Å²) in [6.07, 6.45) is 3.25. The lowest BCUT2D eigenvalue weighted by Gasteiger charge is -2.17. The van der Waals surface area contributed by atoms with Gasteiger partial charge in [-0.3, -0.25) is 4.79 Å². The summed E-state index contributed by atoms with van der Waals surface area (Å²) in [5, 5.41) is 3.01. The SMILES string of the molecule is CCC1CC1NC(=O)[C@@H](N)C(C)CC. The highest BCUT2D eigenvalue weighted by Gasteiger charge is 2.37. The van der Waals surface area contributed by atoms with Crippen LogP contribution in [0.1, 0.15) is 40.0 Å². The molecule has 0 aromatic heterocycles. The van der Waals surface area contributed by atoms with E-state index < -0.39 is 0 Å². The van der Waals surface area contributed by atoms with Crippen LogP contribution in [-0.4, -0.2) is 18.0 Å². The molecule has 1 aliphatic carbocycles. The molecular formula is C11H22N2O. The number of carbonyl (C=O) groups excluding carboxylic acids is 1. The zero-order valence-electron chi connectivity index (χ0n) is 9.42. The van der Waals surface area contributed by atoms with Crippen molar-refractivity contribution in [1.82, 2.24) is 5.32 Å². The molecule has 1 fully saturated rings.